The van der Waals surface area contributed by atoms with Gasteiger partial charge < -0.3 is 19.7 Å². The molecule has 0 radical (unpaired) electrons. The molecule has 1 aromatic rings. The van der Waals surface area contributed by atoms with Gasteiger partial charge in [-0.25, -0.2) is 0 Å². The number of ether oxygens (including phenoxy) is 2. The minimum absolute atomic E-state index is 0.0238. The van der Waals surface area contributed by atoms with Gasteiger partial charge in [0.15, 0.2) is 0 Å². The van der Waals surface area contributed by atoms with Gasteiger partial charge in [0.05, 0.1) is 19.3 Å². The Morgan fingerprint density at radius 3 is 2.64 bits per heavy atom. The minimum atomic E-state index is -0.524. The Morgan fingerprint density at radius 2 is 1.96 bits per heavy atom. The quantitative estimate of drug-likeness (QED) is 0.252. The molecule has 2 rings (SSSR count). The van der Waals surface area contributed by atoms with Gasteiger partial charge in [-0.3, -0.25) is 9.59 Å². The normalized spacial score (nSPS) is 24.4. The molecule has 0 aliphatic heterocycles. The molecule has 0 heterocycles. The number of benzene rings is 1. The Labute approximate surface area is 170 Å². The van der Waals surface area contributed by atoms with Crippen LogP contribution in [0.1, 0.15) is 36.0 Å². The third-order valence-corrected chi connectivity index (χ3v) is 5.38. The van der Waals surface area contributed by atoms with Gasteiger partial charge in [-0.15, -0.1) is 11.6 Å². The second-order valence-electron chi connectivity index (χ2n) is 6.83. The van der Waals surface area contributed by atoms with Crippen LogP contribution in [-0.4, -0.2) is 53.8 Å². The van der Waals surface area contributed by atoms with Crippen molar-refractivity contribution in [1.82, 2.24) is 0 Å². The number of rotatable bonds is 11. The van der Waals surface area contributed by atoms with Gasteiger partial charge in [0.25, 0.3) is 0 Å². The third kappa shape index (κ3) is 6.93. The maximum Gasteiger partial charge on any atom is 0.306 e. The molecular weight excluding hydrogens is 384 g/mol. The summed E-state index contributed by atoms with van der Waals surface area (Å²) >= 11 is 6.42. The molecular formula is C21H27ClO6. The Balaban J connectivity index is 1.81. The first-order valence-electron chi connectivity index (χ1n) is 9.46. The molecule has 0 saturated heterocycles. The summed E-state index contributed by atoms with van der Waals surface area (Å²) in [6.45, 7) is 0.195. The standard InChI is InChI=1S/C21H27ClO6/c22-19-12-20(25)18(14-28-16-8-6-15(13-24)7-9-16)17(19)4-2-1-3-5-21(26)27-11-10-23/h1-2,6-9,13,17-20,23,25H,3-5,10-12,14H2/b2-1-/t17-,18-,19-,20-/m1/s1. The fourth-order valence-corrected chi connectivity index (χ4v) is 3.80. The number of aldehydes is 1. The number of aliphatic hydroxyl groups is 2. The first kappa shape index (κ1) is 22.4. The van der Waals surface area contributed by atoms with E-state index in [0.29, 0.717) is 37.2 Å². The van der Waals surface area contributed by atoms with Crippen molar-refractivity contribution in [3.8, 4) is 5.75 Å². The van der Waals surface area contributed by atoms with Crippen molar-refractivity contribution in [2.24, 2.45) is 11.8 Å². The van der Waals surface area contributed by atoms with Crippen molar-refractivity contribution in [1.29, 1.82) is 0 Å². The highest BCUT2D eigenvalue weighted by Gasteiger charge is 2.41. The number of alkyl halides is 1. The monoisotopic (exact) mass is 410 g/mol. The number of esters is 1. The number of allylic oxidation sites excluding steroid dienone is 2. The van der Waals surface area contributed by atoms with Crippen molar-refractivity contribution in [3.63, 3.8) is 0 Å². The second kappa shape index (κ2) is 11.8. The number of carbonyl (C=O) groups is 2. The molecule has 4 atom stereocenters. The zero-order chi connectivity index (χ0) is 20.4. The van der Waals surface area contributed by atoms with Crippen LogP contribution in [0.25, 0.3) is 0 Å². The van der Waals surface area contributed by atoms with E-state index in [4.69, 9.17) is 26.2 Å². The highest BCUT2D eigenvalue weighted by molar-refractivity contribution is 6.21. The molecule has 0 aromatic heterocycles. The van der Waals surface area contributed by atoms with E-state index < -0.39 is 6.10 Å². The zero-order valence-corrected chi connectivity index (χ0v) is 16.5. The fraction of sp³-hybridized carbons (Fsp3) is 0.524. The van der Waals surface area contributed by atoms with Crippen molar-refractivity contribution in [2.75, 3.05) is 19.8 Å². The van der Waals surface area contributed by atoms with Crippen LogP contribution < -0.4 is 4.74 Å². The van der Waals surface area contributed by atoms with E-state index in [-0.39, 0.29) is 42.8 Å². The smallest absolute Gasteiger partial charge is 0.306 e. The highest BCUT2D eigenvalue weighted by Crippen LogP contribution is 2.39. The van der Waals surface area contributed by atoms with Gasteiger partial charge in [0, 0.05) is 23.3 Å². The molecule has 0 spiro atoms. The van der Waals surface area contributed by atoms with Gasteiger partial charge in [0.2, 0.25) is 0 Å². The maximum atomic E-state index is 11.4. The van der Waals surface area contributed by atoms with Crippen molar-refractivity contribution in [3.05, 3.63) is 42.0 Å². The molecule has 0 amide bonds. The summed E-state index contributed by atoms with van der Waals surface area (Å²) in [5, 5.41) is 18.8. The fourth-order valence-electron chi connectivity index (χ4n) is 3.33. The van der Waals surface area contributed by atoms with Gasteiger partial charge in [-0.05, 0) is 49.4 Å². The average molecular weight is 411 g/mol. The van der Waals surface area contributed by atoms with Crippen molar-refractivity contribution >= 4 is 23.9 Å². The Bertz CT molecular complexity index is 645. The molecule has 1 aliphatic carbocycles. The summed E-state index contributed by atoms with van der Waals surface area (Å²) < 4.78 is 10.6. The summed E-state index contributed by atoms with van der Waals surface area (Å²) in [6, 6.07) is 6.83. The van der Waals surface area contributed by atoms with Crippen molar-refractivity contribution < 1.29 is 29.3 Å². The number of hydrogen-bond donors (Lipinski definition) is 2. The van der Waals surface area contributed by atoms with Crippen LogP contribution in [0.2, 0.25) is 0 Å². The van der Waals surface area contributed by atoms with E-state index in [1.165, 1.54) is 0 Å². The lowest BCUT2D eigenvalue weighted by Gasteiger charge is -2.22. The average Bonchev–Trinajstić information content (AvgIpc) is 2.97. The number of hydrogen-bond acceptors (Lipinski definition) is 6. The molecule has 1 fully saturated rings. The van der Waals surface area contributed by atoms with Crippen molar-refractivity contribution in [2.45, 2.75) is 37.2 Å². The lowest BCUT2D eigenvalue weighted by molar-refractivity contribution is -0.144. The second-order valence-corrected chi connectivity index (χ2v) is 7.40. The van der Waals surface area contributed by atoms with Crippen LogP contribution >= 0.6 is 11.6 Å². The van der Waals surface area contributed by atoms with Crippen LogP contribution in [0.4, 0.5) is 0 Å². The molecule has 7 heteroatoms. The van der Waals surface area contributed by atoms with E-state index in [1.807, 2.05) is 12.2 Å². The summed E-state index contributed by atoms with van der Waals surface area (Å²) in [7, 11) is 0. The van der Waals surface area contributed by atoms with Gasteiger partial charge in [-0.1, -0.05) is 12.2 Å². The SMILES string of the molecule is O=Cc1ccc(OC[C@@H]2[C@@H](C/C=C\CCC(=O)OCCO)[C@H](Cl)C[C@H]2O)cc1. The zero-order valence-electron chi connectivity index (χ0n) is 15.7. The molecule has 154 valence electrons. The van der Waals surface area contributed by atoms with Crippen LogP contribution in [0.15, 0.2) is 36.4 Å². The van der Waals surface area contributed by atoms with Gasteiger partial charge >= 0.3 is 5.97 Å². The summed E-state index contributed by atoms with van der Waals surface area (Å²) in [6.07, 6.45) is 6.16. The van der Waals surface area contributed by atoms with E-state index >= 15 is 0 Å². The molecule has 0 unspecified atom stereocenters. The highest BCUT2D eigenvalue weighted by atomic mass is 35.5. The summed E-state index contributed by atoms with van der Waals surface area (Å²) in [5.41, 5.74) is 0.581. The van der Waals surface area contributed by atoms with E-state index in [9.17, 15) is 14.7 Å². The van der Waals surface area contributed by atoms with Crippen LogP contribution in [0.3, 0.4) is 0 Å². The number of halogens is 1. The maximum absolute atomic E-state index is 11.4. The Morgan fingerprint density at radius 1 is 1.21 bits per heavy atom. The molecule has 6 nitrogen and oxygen atoms in total. The van der Waals surface area contributed by atoms with E-state index in [0.717, 1.165) is 6.29 Å². The predicted molar refractivity (Wildman–Crippen MR) is 106 cm³/mol. The number of carbonyl (C=O) groups excluding carboxylic acids is 2. The lowest BCUT2D eigenvalue weighted by Crippen LogP contribution is -2.27. The molecule has 2 N–H and O–H groups in total. The minimum Gasteiger partial charge on any atom is -0.493 e. The Kier molecular flexibility index (Phi) is 9.47. The van der Waals surface area contributed by atoms with E-state index in [1.54, 1.807) is 24.3 Å². The first-order valence-corrected chi connectivity index (χ1v) is 9.90. The molecule has 1 aliphatic rings. The van der Waals surface area contributed by atoms with Crippen LogP contribution in [0, 0.1) is 11.8 Å². The largest absolute Gasteiger partial charge is 0.493 e. The first-order chi connectivity index (χ1) is 13.5. The van der Waals surface area contributed by atoms with Crippen LogP contribution in [0.5, 0.6) is 5.75 Å². The summed E-state index contributed by atoms with van der Waals surface area (Å²) in [5.74, 6) is 0.291. The molecule has 1 saturated carbocycles. The topological polar surface area (TPSA) is 93.1 Å². The van der Waals surface area contributed by atoms with Crippen LogP contribution in [-0.2, 0) is 9.53 Å². The summed E-state index contributed by atoms with van der Waals surface area (Å²) in [4.78, 5) is 22.1. The number of aliphatic hydroxyl groups excluding tert-OH is 2. The van der Waals surface area contributed by atoms with Gasteiger partial charge in [0.1, 0.15) is 18.6 Å². The molecule has 0 bridgehead atoms. The third-order valence-electron chi connectivity index (χ3n) is 4.88. The molecule has 28 heavy (non-hydrogen) atoms. The van der Waals surface area contributed by atoms with Gasteiger partial charge in [-0.2, -0.15) is 0 Å². The lowest BCUT2D eigenvalue weighted by atomic mass is 9.92. The molecule has 1 aromatic carbocycles. The predicted octanol–water partition coefficient (Wildman–Crippen LogP) is 2.74. The Hall–Kier alpha value is -1.89. The van der Waals surface area contributed by atoms with E-state index in [2.05, 4.69) is 0 Å².